The van der Waals surface area contributed by atoms with Crippen LogP contribution in [-0.4, -0.2) is 37.3 Å². The Morgan fingerprint density at radius 3 is 2.08 bits per heavy atom. The van der Waals surface area contributed by atoms with Gasteiger partial charge in [0.05, 0.1) is 12.8 Å². The molecule has 0 unspecified atom stereocenters. The van der Waals surface area contributed by atoms with Gasteiger partial charge in [0.1, 0.15) is 23.0 Å². The largest absolute Gasteiger partial charge is 0.494 e. The van der Waals surface area contributed by atoms with Crippen molar-refractivity contribution in [2.24, 2.45) is 5.10 Å². The first-order valence-electron chi connectivity index (χ1n) is 12.1. The highest BCUT2D eigenvalue weighted by atomic mass is 16.5. The van der Waals surface area contributed by atoms with Gasteiger partial charge in [-0.05, 0) is 42.8 Å². The normalized spacial score (nSPS) is 10.6. The van der Waals surface area contributed by atoms with E-state index in [2.05, 4.69) is 17.5 Å². The molecule has 2 rings (SSSR count). The highest BCUT2D eigenvalue weighted by Gasteiger charge is 2.09. The van der Waals surface area contributed by atoms with Crippen molar-refractivity contribution in [1.29, 1.82) is 0 Å². The summed E-state index contributed by atoms with van der Waals surface area (Å²) in [6.07, 6.45) is 8.56. The van der Waals surface area contributed by atoms with Gasteiger partial charge in [0.15, 0.2) is 6.61 Å². The Morgan fingerprint density at radius 1 is 0.806 bits per heavy atom. The molecule has 0 aliphatic heterocycles. The van der Waals surface area contributed by atoms with Crippen molar-refractivity contribution in [1.82, 2.24) is 5.43 Å². The molecule has 0 saturated carbocycles. The number of carbonyl (C=O) groups is 3. The molecule has 0 aliphatic rings. The first-order chi connectivity index (χ1) is 17.4. The third kappa shape index (κ3) is 11.5. The number of esters is 2. The number of rotatable bonds is 15. The van der Waals surface area contributed by atoms with Gasteiger partial charge in [-0.25, -0.2) is 5.43 Å². The second-order valence-corrected chi connectivity index (χ2v) is 8.06. The Hall–Kier alpha value is -3.88. The zero-order chi connectivity index (χ0) is 26.2. The first-order valence-corrected chi connectivity index (χ1v) is 12.1. The van der Waals surface area contributed by atoms with Crippen molar-refractivity contribution in [2.45, 2.75) is 59.3 Å². The number of hydrazone groups is 1. The van der Waals surface area contributed by atoms with E-state index in [9.17, 15) is 14.4 Å². The molecule has 1 N–H and O–H groups in total. The van der Waals surface area contributed by atoms with Crippen molar-refractivity contribution in [3.05, 3.63) is 48.0 Å². The van der Waals surface area contributed by atoms with Crippen LogP contribution in [0.3, 0.4) is 0 Å². The predicted octanol–water partition coefficient (Wildman–Crippen LogP) is 4.81. The average Bonchev–Trinajstić information content (AvgIpc) is 2.83. The third-order valence-corrected chi connectivity index (χ3v) is 4.85. The van der Waals surface area contributed by atoms with Crippen LogP contribution in [0.15, 0.2) is 47.6 Å². The van der Waals surface area contributed by atoms with Gasteiger partial charge < -0.3 is 18.9 Å². The van der Waals surface area contributed by atoms with Crippen LogP contribution in [0.1, 0.15) is 64.9 Å². The molecule has 0 radical (unpaired) electrons. The molecule has 1 amide bonds. The first kappa shape index (κ1) is 28.4. The maximum Gasteiger partial charge on any atom is 0.308 e. The highest BCUT2D eigenvalue weighted by Crippen LogP contribution is 2.24. The van der Waals surface area contributed by atoms with Crippen LogP contribution in [0.25, 0.3) is 0 Å². The lowest BCUT2D eigenvalue weighted by molar-refractivity contribution is -0.132. The van der Waals surface area contributed by atoms with E-state index in [1.165, 1.54) is 64.3 Å². The number of ether oxygens (including phenoxy) is 4. The van der Waals surface area contributed by atoms with Gasteiger partial charge in [-0.2, -0.15) is 5.10 Å². The molecule has 194 valence electrons. The number of hydrogen-bond donors (Lipinski definition) is 1. The molecule has 36 heavy (non-hydrogen) atoms. The lowest BCUT2D eigenvalue weighted by Gasteiger charge is -2.09. The quantitative estimate of drug-likeness (QED) is 0.123. The molecule has 9 nitrogen and oxygen atoms in total. The summed E-state index contributed by atoms with van der Waals surface area (Å²) in [5, 5.41) is 3.87. The van der Waals surface area contributed by atoms with Crippen molar-refractivity contribution in [2.75, 3.05) is 13.2 Å². The van der Waals surface area contributed by atoms with Gasteiger partial charge in [0.2, 0.25) is 0 Å². The van der Waals surface area contributed by atoms with Crippen LogP contribution in [0.4, 0.5) is 0 Å². The highest BCUT2D eigenvalue weighted by molar-refractivity contribution is 5.87. The summed E-state index contributed by atoms with van der Waals surface area (Å²) in [6, 6.07) is 11.5. The lowest BCUT2D eigenvalue weighted by Crippen LogP contribution is -2.24. The summed E-state index contributed by atoms with van der Waals surface area (Å²) in [6.45, 7) is 5.15. The molecule has 0 saturated heterocycles. The summed E-state index contributed by atoms with van der Waals surface area (Å²) < 4.78 is 21.3. The summed E-state index contributed by atoms with van der Waals surface area (Å²) in [7, 11) is 0. The van der Waals surface area contributed by atoms with Gasteiger partial charge >= 0.3 is 11.9 Å². The van der Waals surface area contributed by atoms with Crippen LogP contribution in [0, 0.1) is 0 Å². The topological polar surface area (TPSA) is 113 Å². The maximum absolute atomic E-state index is 12.1. The van der Waals surface area contributed by atoms with Gasteiger partial charge in [-0.15, -0.1) is 0 Å². The molecule has 0 fully saturated rings. The minimum atomic E-state index is -0.555. The van der Waals surface area contributed by atoms with Crippen LogP contribution < -0.4 is 24.4 Å². The van der Waals surface area contributed by atoms with Crippen LogP contribution in [0.5, 0.6) is 23.0 Å². The predicted molar refractivity (Wildman–Crippen MR) is 136 cm³/mol. The van der Waals surface area contributed by atoms with Crippen molar-refractivity contribution in [3.8, 4) is 23.0 Å². The second-order valence-electron chi connectivity index (χ2n) is 8.06. The molecule has 0 heterocycles. The van der Waals surface area contributed by atoms with Crippen LogP contribution in [-0.2, 0) is 14.4 Å². The van der Waals surface area contributed by atoms with E-state index in [0.29, 0.717) is 17.9 Å². The van der Waals surface area contributed by atoms with Gasteiger partial charge in [-0.1, -0.05) is 39.0 Å². The van der Waals surface area contributed by atoms with E-state index in [1.807, 2.05) is 0 Å². The Bertz CT molecular complexity index is 1020. The molecule has 9 heteroatoms. The molecule has 0 aliphatic carbocycles. The second kappa shape index (κ2) is 15.9. The number of nitrogens with zero attached hydrogens (tertiary/aromatic N) is 1. The van der Waals surface area contributed by atoms with E-state index < -0.39 is 17.8 Å². The summed E-state index contributed by atoms with van der Waals surface area (Å²) in [4.78, 5) is 34.6. The lowest BCUT2D eigenvalue weighted by atomic mass is 10.1. The van der Waals surface area contributed by atoms with Gasteiger partial charge in [-0.3, -0.25) is 14.4 Å². The smallest absolute Gasteiger partial charge is 0.308 e. The minimum absolute atomic E-state index is 0.134. The van der Waals surface area contributed by atoms with Gasteiger partial charge in [0.25, 0.3) is 5.91 Å². The molecule has 2 aromatic rings. The average molecular weight is 499 g/mol. The standard InChI is InChI=1S/C27H34N2O7/c1-4-5-6-7-8-9-16-33-23-12-14-24(15-13-23)34-19-27(32)29-28-18-22-10-11-25(35-20(2)30)17-26(22)36-21(3)31/h10-15,17-18H,4-9,16,19H2,1-3H3,(H,29,32). The number of unbranched alkanes of at least 4 members (excludes halogenated alkanes) is 5. The monoisotopic (exact) mass is 498 g/mol. The van der Waals surface area contributed by atoms with E-state index in [-0.39, 0.29) is 18.1 Å². The van der Waals surface area contributed by atoms with Crippen LogP contribution in [0.2, 0.25) is 0 Å². The number of benzene rings is 2. The number of amides is 1. The van der Waals surface area contributed by atoms with E-state index in [1.54, 1.807) is 30.3 Å². The molecule has 2 aromatic carbocycles. The third-order valence-electron chi connectivity index (χ3n) is 4.85. The molecular weight excluding hydrogens is 464 g/mol. The number of carbonyl (C=O) groups excluding carboxylic acids is 3. The van der Waals surface area contributed by atoms with E-state index >= 15 is 0 Å². The van der Waals surface area contributed by atoms with Crippen molar-refractivity contribution >= 4 is 24.1 Å². The minimum Gasteiger partial charge on any atom is -0.494 e. The zero-order valence-electron chi connectivity index (χ0n) is 21.1. The summed E-state index contributed by atoms with van der Waals surface area (Å²) >= 11 is 0. The van der Waals surface area contributed by atoms with Crippen molar-refractivity contribution < 1.29 is 33.3 Å². The Morgan fingerprint density at radius 2 is 1.42 bits per heavy atom. The number of hydrogen-bond acceptors (Lipinski definition) is 8. The SMILES string of the molecule is CCCCCCCCOc1ccc(OCC(=O)NN=Cc2ccc(OC(C)=O)cc2OC(C)=O)cc1. The Balaban J connectivity index is 1.77. The molecular formula is C27H34N2O7. The van der Waals surface area contributed by atoms with Crippen molar-refractivity contribution in [3.63, 3.8) is 0 Å². The van der Waals surface area contributed by atoms with Crippen LogP contribution >= 0.6 is 0 Å². The summed E-state index contributed by atoms with van der Waals surface area (Å²) in [5.74, 6) is 0.0999. The number of nitrogens with one attached hydrogen (secondary N) is 1. The maximum atomic E-state index is 12.1. The Kier molecular flexibility index (Phi) is 12.5. The molecule has 0 aromatic heterocycles. The Labute approximate surface area is 211 Å². The fraction of sp³-hybridized carbons (Fsp3) is 0.407. The fourth-order valence-corrected chi connectivity index (χ4v) is 3.15. The molecule has 0 atom stereocenters. The zero-order valence-corrected chi connectivity index (χ0v) is 21.1. The van der Waals surface area contributed by atoms with Gasteiger partial charge in [0, 0.05) is 25.5 Å². The fourth-order valence-electron chi connectivity index (χ4n) is 3.15. The molecule has 0 bridgehead atoms. The van der Waals surface area contributed by atoms with E-state index in [4.69, 9.17) is 18.9 Å². The van der Waals surface area contributed by atoms with E-state index in [0.717, 1.165) is 12.2 Å². The molecule has 0 spiro atoms. The summed E-state index contributed by atoms with van der Waals surface area (Å²) in [5.41, 5.74) is 2.75.